The normalized spacial score (nSPS) is 22.2. The lowest BCUT2D eigenvalue weighted by Gasteiger charge is -2.03. The summed E-state index contributed by atoms with van der Waals surface area (Å²) in [6.45, 7) is 2.87. The second-order valence-corrected chi connectivity index (χ2v) is 4.64. The minimum absolute atomic E-state index is 0.0947. The van der Waals surface area contributed by atoms with Gasteiger partial charge in [0.2, 0.25) is 5.91 Å². The van der Waals surface area contributed by atoms with Crippen molar-refractivity contribution >= 4 is 5.91 Å². The maximum absolute atomic E-state index is 12.8. The number of halogens is 1. The van der Waals surface area contributed by atoms with Gasteiger partial charge in [0.05, 0.1) is 0 Å². The van der Waals surface area contributed by atoms with Crippen LogP contribution in [0.1, 0.15) is 37.7 Å². The second kappa shape index (κ2) is 5.30. The smallest absolute Gasteiger partial charge is 0.223 e. The molecule has 3 heteroatoms. The van der Waals surface area contributed by atoms with Crippen LogP contribution in [-0.2, 0) is 4.79 Å². The zero-order valence-electron chi connectivity index (χ0n) is 10.1. The van der Waals surface area contributed by atoms with Crippen LogP contribution < -0.4 is 5.32 Å². The fourth-order valence-electron chi connectivity index (χ4n) is 2.08. The van der Waals surface area contributed by atoms with Crippen molar-refractivity contribution in [2.45, 2.75) is 32.1 Å². The van der Waals surface area contributed by atoms with Crippen LogP contribution in [0.15, 0.2) is 24.3 Å². The summed E-state index contributed by atoms with van der Waals surface area (Å²) in [4.78, 5) is 11.7. The van der Waals surface area contributed by atoms with Gasteiger partial charge in [-0.1, -0.05) is 25.5 Å². The molecule has 0 aliphatic heterocycles. The van der Waals surface area contributed by atoms with Gasteiger partial charge in [-0.2, -0.15) is 0 Å². The molecule has 1 N–H and O–H groups in total. The predicted molar refractivity (Wildman–Crippen MR) is 65.2 cm³/mol. The van der Waals surface area contributed by atoms with Crippen molar-refractivity contribution in [1.82, 2.24) is 5.32 Å². The molecule has 0 heterocycles. The summed E-state index contributed by atoms with van der Waals surface area (Å²) in [5.74, 6) is 0.306. The Morgan fingerprint density at radius 2 is 2.12 bits per heavy atom. The molecule has 0 saturated heterocycles. The van der Waals surface area contributed by atoms with Crippen LogP contribution in [0.4, 0.5) is 4.39 Å². The number of hydrogen-bond acceptors (Lipinski definition) is 1. The maximum atomic E-state index is 12.8. The molecule has 1 aromatic carbocycles. The second-order valence-electron chi connectivity index (χ2n) is 4.64. The molecule has 17 heavy (non-hydrogen) atoms. The molecule has 1 aromatic rings. The van der Waals surface area contributed by atoms with E-state index in [0.29, 0.717) is 0 Å². The van der Waals surface area contributed by atoms with E-state index >= 15 is 0 Å². The molecular weight excluding hydrogens is 217 g/mol. The Hall–Kier alpha value is -1.38. The molecule has 2 rings (SSSR count). The number of nitrogens with one attached hydrogen (secondary N) is 1. The first-order valence-corrected chi connectivity index (χ1v) is 6.25. The maximum Gasteiger partial charge on any atom is 0.223 e. The standard InChI is InChI=1S/C14H18FNO/c1-2-3-8-16-14(17)13-9-12(13)10-4-6-11(15)7-5-10/h4-7,12-13H,2-3,8-9H2,1H3,(H,16,17). The third-order valence-electron chi connectivity index (χ3n) is 3.25. The molecule has 0 bridgehead atoms. The molecule has 1 saturated carbocycles. The van der Waals surface area contributed by atoms with E-state index in [1.54, 1.807) is 12.1 Å². The van der Waals surface area contributed by atoms with Gasteiger partial charge in [-0.15, -0.1) is 0 Å². The van der Waals surface area contributed by atoms with Crippen LogP contribution in [0.5, 0.6) is 0 Å². The molecule has 0 radical (unpaired) electrons. The van der Waals surface area contributed by atoms with Gasteiger partial charge in [0.15, 0.2) is 0 Å². The Kier molecular flexibility index (Phi) is 3.77. The molecule has 1 aliphatic rings. The summed E-state index contributed by atoms with van der Waals surface area (Å²) < 4.78 is 12.8. The SMILES string of the molecule is CCCCNC(=O)C1CC1c1ccc(F)cc1. The summed E-state index contributed by atoms with van der Waals surface area (Å²) in [6, 6.07) is 6.47. The number of carbonyl (C=O) groups excluding carboxylic acids is 1. The Balaban J connectivity index is 1.83. The minimum Gasteiger partial charge on any atom is -0.356 e. The molecular formula is C14H18FNO. The molecule has 0 aromatic heterocycles. The topological polar surface area (TPSA) is 29.1 Å². The highest BCUT2D eigenvalue weighted by Crippen LogP contribution is 2.47. The fourth-order valence-corrected chi connectivity index (χ4v) is 2.08. The molecule has 1 amide bonds. The number of amides is 1. The van der Waals surface area contributed by atoms with E-state index in [1.807, 2.05) is 0 Å². The lowest BCUT2D eigenvalue weighted by atomic mass is 10.1. The summed E-state index contributed by atoms with van der Waals surface area (Å²) in [7, 11) is 0. The van der Waals surface area contributed by atoms with Gasteiger partial charge in [-0.05, 0) is 36.5 Å². The highest BCUT2D eigenvalue weighted by molar-refractivity contribution is 5.82. The summed E-state index contributed by atoms with van der Waals surface area (Å²) in [6.07, 6.45) is 3.01. The summed E-state index contributed by atoms with van der Waals surface area (Å²) >= 11 is 0. The lowest BCUT2D eigenvalue weighted by molar-refractivity contribution is -0.122. The van der Waals surface area contributed by atoms with E-state index in [-0.39, 0.29) is 23.6 Å². The van der Waals surface area contributed by atoms with E-state index in [9.17, 15) is 9.18 Å². The van der Waals surface area contributed by atoms with E-state index in [4.69, 9.17) is 0 Å². The zero-order chi connectivity index (χ0) is 12.3. The van der Waals surface area contributed by atoms with Crippen LogP contribution >= 0.6 is 0 Å². The number of hydrogen-bond donors (Lipinski definition) is 1. The molecule has 2 nitrogen and oxygen atoms in total. The Morgan fingerprint density at radius 3 is 2.76 bits per heavy atom. The number of rotatable bonds is 5. The van der Waals surface area contributed by atoms with Crippen LogP contribution in [-0.4, -0.2) is 12.5 Å². The van der Waals surface area contributed by atoms with E-state index in [1.165, 1.54) is 12.1 Å². The van der Waals surface area contributed by atoms with Gasteiger partial charge in [-0.25, -0.2) is 4.39 Å². The van der Waals surface area contributed by atoms with Crippen molar-refractivity contribution < 1.29 is 9.18 Å². The highest BCUT2D eigenvalue weighted by atomic mass is 19.1. The van der Waals surface area contributed by atoms with Crippen molar-refractivity contribution in [2.24, 2.45) is 5.92 Å². The Bertz CT molecular complexity index is 388. The van der Waals surface area contributed by atoms with Crippen molar-refractivity contribution in [1.29, 1.82) is 0 Å². The van der Waals surface area contributed by atoms with Gasteiger partial charge >= 0.3 is 0 Å². The van der Waals surface area contributed by atoms with Crippen LogP contribution in [0.25, 0.3) is 0 Å². The molecule has 2 unspecified atom stereocenters. The van der Waals surface area contributed by atoms with E-state index in [2.05, 4.69) is 12.2 Å². The van der Waals surface area contributed by atoms with Gasteiger partial charge < -0.3 is 5.32 Å². The average Bonchev–Trinajstić information content (AvgIpc) is 3.10. The first-order chi connectivity index (χ1) is 8.22. The van der Waals surface area contributed by atoms with Crippen LogP contribution in [0, 0.1) is 11.7 Å². The Morgan fingerprint density at radius 1 is 1.41 bits per heavy atom. The number of carbonyl (C=O) groups is 1. The monoisotopic (exact) mass is 235 g/mol. The average molecular weight is 235 g/mol. The van der Waals surface area contributed by atoms with Crippen molar-refractivity contribution in [2.75, 3.05) is 6.54 Å². The molecule has 1 aliphatic carbocycles. The zero-order valence-corrected chi connectivity index (χ0v) is 10.1. The van der Waals surface area contributed by atoms with Gasteiger partial charge in [0.1, 0.15) is 5.82 Å². The van der Waals surface area contributed by atoms with Gasteiger partial charge in [0.25, 0.3) is 0 Å². The first-order valence-electron chi connectivity index (χ1n) is 6.25. The van der Waals surface area contributed by atoms with Crippen molar-refractivity contribution in [3.8, 4) is 0 Å². The molecule has 92 valence electrons. The fraction of sp³-hybridized carbons (Fsp3) is 0.500. The predicted octanol–water partition coefficient (Wildman–Crippen LogP) is 2.85. The highest BCUT2D eigenvalue weighted by Gasteiger charge is 2.43. The molecule has 1 fully saturated rings. The van der Waals surface area contributed by atoms with E-state index in [0.717, 1.165) is 31.4 Å². The number of benzene rings is 1. The summed E-state index contributed by atoms with van der Waals surface area (Å²) in [5, 5.41) is 2.94. The van der Waals surface area contributed by atoms with Crippen molar-refractivity contribution in [3.05, 3.63) is 35.6 Å². The largest absolute Gasteiger partial charge is 0.356 e. The van der Waals surface area contributed by atoms with Crippen LogP contribution in [0.2, 0.25) is 0 Å². The molecule has 0 spiro atoms. The third-order valence-corrected chi connectivity index (χ3v) is 3.25. The van der Waals surface area contributed by atoms with Gasteiger partial charge in [-0.3, -0.25) is 4.79 Å². The van der Waals surface area contributed by atoms with Gasteiger partial charge in [0, 0.05) is 12.5 Å². The first kappa shape index (κ1) is 12.1. The van der Waals surface area contributed by atoms with Crippen LogP contribution in [0.3, 0.4) is 0 Å². The van der Waals surface area contributed by atoms with Crippen molar-refractivity contribution in [3.63, 3.8) is 0 Å². The molecule has 2 atom stereocenters. The number of unbranched alkanes of at least 4 members (excludes halogenated alkanes) is 1. The summed E-state index contributed by atoms with van der Waals surface area (Å²) in [5.41, 5.74) is 1.07. The Labute approximate surface area is 101 Å². The minimum atomic E-state index is -0.224. The quantitative estimate of drug-likeness (QED) is 0.781. The van der Waals surface area contributed by atoms with E-state index < -0.39 is 0 Å². The lowest BCUT2D eigenvalue weighted by Crippen LogP contribution is -2.26. The third kappa shape index (κ3) is 3.05.